The second-order valence-electron chi connectivity index (χ2n) is 4.14. The lowest BCUT2D eigenvalue weighted by atomic mass is 10.1. The van der Waals surface area contributed by atoms with Gasteiger partial charge in [-0.25, -0.2) is 4.68 Å². The summed E-state index contributed by atoms with van der Waals surface area (Å²) in [6.07, 6.45) is 2.02. The van der Waals surface area contributed by atoms with Gasteiger partial charge in [0.25, 0.3) is 5.56 Å². The highest BCUT2D eigenvalue weighted by atomic mass is 32.2. The third-order valence-corrected chi connectivity index (χ3v) is 3.31. The van der Waals surface area contributed by atoms with Crippen molar-refractivity contribution in [1.29, 1.82) is 0 Å². The van der Waals surface area contributed by atoms with Gasteiger partial charge in [0.1, 0.15) is 0 Å². The summed E-state index contributed by atoms with van der Waals surface area (Å²) in [5, 5.41) is 4.40. The molecule has 18 heavy (non-hydrogen) atoms. The van der Waals surface area contributed by atoms with Crippen molar-refractivity contribution in [2.45, 2.75) is 13.5 Å². The van der Waals surface area contributed by atoms with Crippen LogP contribution in [-0.2, 0) is 6.54 Å². The molecule has 2 aromatic rings. The number of thioether (sulfide) groups is 1. The van der Waals surface area contributed by atoms with E-state index in [1.807, 2.05) is 30.5 Å². The van der Waals surface area contributed by atoms with Crippen molar-refractivity contribution in [3.63, 3.8) is 0 Å². The Kier molecular flexibility index (Phi) is 4.20. The van der Waals surface area contributed by atoms with Crippen LogP contribution in [0.25, 0.3) is 11.3 Å². The fourth-order valence-corrected chi connectivity index (χ4v) is 2.02. The number of aromatic nitrogens is 2. The Hall–Kier alpha value is -1.55. The Morgan fingerprint density at radius 3 is 2.56 bits per heavy atom. The summed E-state index contributed by atoms with van der Waals surface area (Å²) in [4.78, 5) is 11.7. The molecule has 0 unspecified atom stereocenters. The summed E-state index contributed by atoms with van der Waals surface area (Å²) >= 11 is 1.71. The molecule has 0 radical (unpaired) electrons. The molecule has 1 aromatic carbocycles. The minimum Gasteiger partial charge on any atom is -0.268 e. The zero-order chi connectivity index (χ0) is 13.0. The third-order valence-electron chi connectivity index (χ3n) is 2.72. The molecule has 0 N–H and O–H groups in total. The fraction of sp³-hybridized carbons (Fsp3) is 0.286. The van der Waals surface area contributed by atoms with Crippen molar-refractivity contribution in [2.24, 2.45) is 0 Å². The topological polar surface area (TPSA) is 34.9 Å². The molecule has 0 saturated heterocycles. The van der Waals surface area contributed by atoms with E-state index in [9.17, 15) is 4.79 Å². The van der Waals surface area contributed by atoms with Gasteiger partial charge in [-0.3, -0.25) is 4.79 Å². The normalized spacial score (nSPS) is 10.6. The lowest BCUT2D eigenvalue weighted by Crippen LogP contribution is -2.23. The Labute approximate surface area is 111 Å². The van der Waals surface area contributed by atoms with Crippen LogP contribution in [-0.4, -0.2) is 21.8 Å². The first-order chi connectivity index (χ1) is 8.70. The first kappa shape index (κ1) is 12.9. The molecule has 1 aromatic heterocycles. The van der Waals surface area contributed by atoms with E-state index in [2.05, 4.69) is 12.0 Å². The first-order valence-electron chi connectivity index (χ1n) is 5.85. The maximum absolute atomic E-state index is 11.7. The molecule has 0 aliphatic heterocycles. The molecular formula is C14H16N2OS. The molecule has 4 heteroatoms. The summed E-state index contributed by atoms with van der Waals surface area (Å²) in [6.45, 7) is 2.70. The predicted molar refractivity (Wildman–Crippen MR) is 77.1 cm³/mol. The van der Waals surface area contributed by atoms with E-state index in [4.69, 9.17) is 0 Å². The average Bonchev–Trinajstić information content (AvgIpc) is 2.39. The molecule has 0 amide bonds. The molecule has 0 bridgehead atoms. The van der Waals surface area contributed by atoms with Crippen molar-refractivity contribution in [3.8, 4) is 11.3 Å². The Morgan fingerprint density at radius 2 is 1.89 bits per heavy atom. The molecule has 0 saturated carbocycles. The van der Waals surface area contributed by atoms with Crippen LogP contribution in [0.2, 0.25) is 0 Å². The number of hydrogen-bond acceptors (Lipinski definition) is 3. The standard InChI is InChI=1S/C14H16N2OS/c1-11-3-5-12(6-4-11)13-7-8-14(17)16(15-13)9-10-18-2/h3-8H,9-10H2,1-2H3. The predicted octanol–water partition coefficient (Wildman–Crippen LogP) is 2.58. The fourth-order valence-electron chi connectivity index (χ4n) is 1.67. The molecule has 3 nitrogen and oxygen atoms in total. The van der Waals surface area contributed by atoms with E-state index >= 15 is 0 Å². The highest BCUT2D eigenvalue weighted by molar-refractivity contribution is 7.98. The maximum Gasteiger partial charge on any atom is 0.266 e. The third kappa shape index (κ3) is 3.01. The Morgan fingerprint density at radius 1 is 1.17 bits per heavy atom. The second-order valence-corrected chi connectivity index (χ2v) is 5.12. The lowest BCUT2D eigenvalue weighted by molar-refractivity contribution is 0.625. The number of benzene rings is 1. The monoisotopic (exact) mass is 260 g/mol. The Bertz CT molecular complexity index is 575. The maximum atomic E-state index is 11.7. The molecular weight excluding hydrogens is 244 g/mol. The van der Waals surface area contributed by atoms with Gasteiger partial charge in [-0.2, -0.15) is 16.9 Å². The molecule has 0 atom stereocenters. The molecule has 0 aliphatic rings. The van der Waals surface area contributed by atoms with Crippen LogP contribution in [0.4, 0.5) is 0 Å². The molecule has 0 aliphatic carbocycles. The number of nitrogens with zero attached hydrogens (tertiary/aromatic N) is 2. The second kappa shape index (κ2) is 5.87. The highest BCUT2D eigenvalue weighted by Gasteiger charge is 2.02. The molecule has 2 rings (SSSR count). The summed E-state index contributed by atoms with van der Waals surface area (Å²) < 4.78 is 1.53. The van der Waals surface area contributed by atoms with Crippen molar-refractivity contribution < 1.29 is 0 Å². The zero-order valence-electron chi connectivity index (χ0n) is 10.6. The van der Waals surface area contributed by atoms with Gasteiger partial charge in [-0.1, -0.05) is 29.8 Å². The van der Waals surface area contributed by atoms with Crippen LogP contribution < -0.4 is 5.56 Å². The zero-order valence-corrected chi connectivity index (χ0v) is 11.4. The highest BCUT2D eigenvalue weighted by Crippen LogP contribution is 2.15. The van der Waals surface area contributed by atoms with Crippen LogP contribution in [0.5, 0.6) is 0 Å². The lowest BCUT2D eigenvalue weighted by Gasteiger charge is -2.06. The van der Waals surface area contributed by atoms with Gasteiger partial charge >= 0.3 is 0 Å². The van der Waals surface area contributed by atoms with Gasteiger partial charge < -0.3 is 0 Å². The van der Waals surface area contributed by atoms with Crippen molar-refractivity contribution in [1.82, 2.24) is 9.78 Å². The van der Waals surface area contributed by atoms with E-state index in [1.54, 1.807) is 23.9 Å². The molecule has 1 heterocycles. The van der Waals surface area contributed by atoms with Gasteiger partial charge in [-0.05, 0) is 19.2 Å². The summed E-state index contributed by atoms with van der Waals surface area (Å²) in [5.74, 6) is 0.893. The number of rotatable bonds is 4. The van der Waals surface area contributed by atoms with Crippen LogP contribution in [0.3, 0.4) is 0 Å². The largest absolute Gasteiger partial charge is 0.268 e. The Balaban J connectivity index is 2.34. The van der Waals surface area contributed by atoms with Crippen LogP contribution in [0.15, 0.2) is 41.2 Å². The average molecular weight is 260 g/mol. The quantitative estimate of drug-likeness (QED) is 0.847. The smallest absolute Gasteiger partial charge is 0.266 e. The van der Waals surface area contributed by atoms with Crippen LogP contribution >= 0.6 is 11.8 Å². The number of aryl methyl sites for hydroxylation is 2. The van der Waals surface area contributed by atoms with E-state index < -0.39 is 0 Å². The van der Waals surface area contributed by atoms with Crippen LogP contribution in [0, 0.1) is 6.92 Å². The molecule has 0 fully saturated rings. The van der Waals surface area contributed by atoms with Crippen molar-refractivity contribution in [3.05, 3.63) is 52.3 Å². The van der Waals surface area contributed by atoms with E-state index in [0.717, 1.165) is 17.0 Å². The van der Waals surface area contributed by atoms with E-state index in [-0.39, 0.29) is 5.56 Å². The van der Waals surface area contributed by atoms with Gasteiger partial charge in [-0.15, -0.1) is 0 Å². The molecule has 94 valence electrons. The van der Waals surface area contributed by atoms with Gasteiger partial charge in [0, 0.05) is 17.4 Å². The van der Waals surface area contributed by atoms with E-state index in [0.29, 0.717) is 6.54 Å². The first-order valence-corrected chi connectivity index (χ1v) is 7.24. The SMILES string of the molecule is CSCCn1nc(-c2ccc(C)cc2)ccc1=O. The summed E-state index contributed by atoms with van der Waals surface area (Å²) in [6, 6.07) is 11.5. The van der Waals surface area contributed by atoms with E-state index in [1.165, 1.54) is 10.2 Å². The van der Waals surface area contributed by atoms with Crippen LogP contribution in [0.1, 0.15) is 5.56 Å². The van der Waals surface area contributed by atoms with Crippen molar-refractivity contribution >= 4 is 11.8 Å². The minimum absolute atomic E-state index is 0.0417. The minimum atomic E-state index is -0.0417. The van der Waals surface area contributed by atoms with Gasteiger partial charge in [0.05, 0.1) is 12.2 Å². The van der Waals surface area contributed by atoms with Gasteiger partial charge in [0.2, 0.25) is 0 Å². The summed E-state index contributed by atoms with van der Waals surface area (Å²) in [7, 11) is 0. The summed E-state index contributed by atoms with van der Waals surface area (Å²) in [5.41, 5.74) is 3.06. The molecule has 0 spiro atoms. The van der Waals surface area contributed by atoms with Crippen molar-refractivity contribution in [2.75, 3.05) is 12.0 Å². The van der Waals surface area contributed by atoms with Gasteiger partial charge in [0.15, 0.2) is 0 Å². The number of hydrogen-bond donors (Lipinski definition) is 0.